The average molecular weight is 207 g/mol. The zero-order valence-electron chi connectivity index (χ0n) is 9.36. The standard InChI is InChI=1S/C13H18FN/c1-11(2)8-13(9-14)15-10-12-6-4-3-5-7-12/h3-7,10-11,13H,8-9H2,1-2H3/t13-/m0/s1. The zero-order chi connectivity index (χ0) is 11.1. The van der Waals surface area contributed by atoms with Crippen molar-refractivity contribution in [3.63, 3.8) is 0 Å². The molecular formula is C13H18FN. The van der Waals surface area contributed by atoms with Gasteiger partial charge in [0.15, 0.2) is 0 Å². The summed E-state index contributed by atoms with van der Waals surface area (Å²) in [7, 11) is 0. The summed E-state index contributed by atoms with van der Waals surface area (Å²) >= 11 is 0. The van der Waals surface area contributed by atoms with Gasteiger partial charge in [-0.2, -0.15) is 0 Å². The van der Waals surface area contributed by atoms with Crippen LogP contribution in [-0.2, 0) is 0 Å². The van der Waals surface area contributed by atoms with Crippen molar-refractivity contribution in [3.05, 3.63) is 35.9 Å². The van der Waals surface area contributed by atoms with Crippen molar-refractivity contribution in [1.82, 2.24) is 0 Å². The molecular weight excluding hydrogens is 189 g/mol. The second-order valence-corrected chi connectivity index (χ2v) is 4.13. The van der Waals surface area contributed by atoms with E-state index in [4.69, 9.17) is 0 Å². The zero-order valence-corrected chi connectivity index (χ0v) is 9.36. The van der Waals surface area contributed by atoms with Crippen molar-refractivity contribution < 1.29 is 4.39 Å². The number of rotatable bonds is 5. The highest BCUT2D eigenvalue weighted by Crippen LogP contribution is 2.08. The molecule has 0 heterocycles. The molecule has 15 heavy (non-hydrogen) atoms. The molecule has 0 aliphatic carbocycles. The van der Waals surface area contributed by atoms with Crippen LogP contribution in [0.3, 0.4) is 0 Å². The molecule has 1 atom stereocenters. The molecule has 0 saturated carbocycles. The topological polar surface area (TPSA) is 12.4 Å². The van der Waals surface area contributed by atoms with E-state index in [1.54, 1.807) is 6.21 Å². The van der Waals surface area contributed by atoms with Crippen molar-refractivity contribution in [2.24, 2.45) is 10.9 Å². The molecule has 0 fully saturated rings. The highest BCUT2D eigenvalue weighted by atomic mass is 19.1. The predicted octanol–water partition coefficient (Wildman–Crippen LogP) is 3.49. The van der Waals surface area contributed by atoms with Gasteiger partial charge in [-0.25, -0.2) is 4.39 Å². The monoisotopic (exact) mass is 207 g/mol. The van der Waals surface area contributed by atoms with E-state index in [0.717, 1.165) is 12.0 Å². The summed E-state index contributed by atoms with van der Waals surface area (Å²) in [5.41, 5.74) is 1.03. The molecule has 0 bridgehead atoms. The minimum atomic E-state index is -0.373. The molecule has 0 aliphatic rings. The van der Waals surface area contributed by atoms with E-state index in [-0.39, 0.29) is 12.7 Å². The Morgan fingerprint density at radius 3 is 2.47 bits per heavy atom. The SMILES string of the molecule is CC(C)C[C@@H](CF)N=Cc1ccccc1. The number of hydrogen-bond acceptors (Lipinski definition) is 1. The molecule has 0 N–H and O–H groups in total. The molecule has 0 aromatic heterocycles. The van der Waals surface area contributed by atoms with Gasteiger partial charge in [0.1, 0.15) is 6.67 Å². The Morgan fingerprint density at radius 1 is 1.27 bits per heavy atom. The Balaban J connectivity index is 2.55. The summed E-state index contributed by atoms with van der Waals surface area (Å²) in [5, 5.41) is 0. The summed E-state index contributed by atoms with van der Waals surface area (Å²) in [6, 6.07) is 9.60. The Morgan fingerprint density at radius 2 is 1.93 bits per heavy atom. The molecule has 0 amide bonds. The minimum Gasteiger partial charge on any atom is -0.286 e. The van der Waals surface area contributed by atoms with Crippen LogP contribution in [-0.4, -0.2) is 18.9 Å². The normalized spacial score (nSPS) is 13.6. The van der Waals surface area contributed by atoms with Crippen LogP contribution in [0, 0.1) is 5.92 Å². The molecule has 0 saturated heterocycles. The molecule has 2 heteroatoms. The van der Waals surface area contributed by atoms with E-state index in [0.29, 0.717) is 5.92 Å². The Bertz CT molecular complexity index is 293. The van der Waals surface area contributed by atoms with Gasteiger partial charge in [0.05, 0.1) is 6.04 Å². The molecule has 1 rings (SSSR count). The Hall–Kier alpha value is -1.18. The summed E-state index contributed by atoms with van der Waals surface area (Å²) < 4.78 is 12.6. The van der Waals surface area contributed by atoms with Gasteiger partial charge < -0.3 is 0 Å². The third-order valence-electron chi connectivity index (χ3n) is 2.16. The maximum absolute atomic E-state index is 12.6. The summed E-state index contributed by atoms with van der Waals surface area (Å²) in [6.45, 7) is 3.79. The first-order valence-electron chi connectivity index (χ1n) is 5.36. The van der Waals surface area contributed by atoms with Crippen molar-refractivity contribution in [2.45, 2.75) is 26.3 Å². The smallest absolute Gasteiger partial charge is 0.112 e. The lowest BCUT2D eigenvalue weighted by atomic mass is 10.1. The lowest BCUT2D eigenvalue weighted by Crippen LogP contribution is -2.10. The first kappa shape index (κ1) is 11.9. The largest absolute Gasteiger partial charge is 0.286 e. The van der Waals surface area contributed by atoms with Crippen LogP contribution >= 0.6 is 0 Å². The first-order chi connectivity index (χ1) is 7.22. The van der Waals surface area contributed by atoms with Gasteiger partial charge in [-0.3, -0.25) is 4.99 Å². The second-order valence-electron chi connectivity index (χ2n) is 4.13. The van der Waals surface area contributed by atoms with Gasteiger partial charge in [-0.15, -0.1) is 0 Å². The minimum absolute atomic E-state index is 0.190. The lowest BCUT2D eigenvalue weighted by molar-refractivity contribution is 0.383. The molecule has 0 radical (unpaired) electrons. The molecule has 1 aromatic carbocycles. The molecule has 0 aliphatic heterocycles. The summed E-state index contributed by atoms with van der Waals surface area (Å²) in [6.07, 6.45) is 2.56. The second kappa shape index (κ2) is 6.33. The van der Waals surface area contributed by atoms with E-state index in [1.165, 1.54) is 0 Å². The van der Waals surface area contributed by atoms with Gasteiger partial charge >= 0.3 is 0 Å². The molecule has 0 spiro atoms. The Labute approximate surface area is 91.0 Å². The number of hydrogen-bond donors (Lipinski definition) is 0. The van der Waals surface area contributed by atoms with Crippen LogP contribution in [0.5, 0.6) is 0 Å². The summed E-state index contributed by atoms with van der Waals surface area (Å²) in [5.74, 6) is 0.485. The van der Waals surface area contributed by atoms with Crippen molar-refractivity contribution in [1.29, 1.82) is 0 Å². The maximum Gasteiger partial charge on any atom is 0.112 e. The van der Waals surface area contributed by atoms with E-state index >= 15 is 0 Å². The third kappa shape index (κ3) is 4.73. The molecule has 1 aromatic rings. The van der Waals surface area contributed by atoms with Crippen LogP contribution in [0.1, 0.15) is 25.8 Å². The van der Waals surface area contributed by atoms with E-state index < -0.39 is 0 Å². The van der Waals surface area contributed by atoms with Gasteiger partial charge in [0.2, 0.25) is 0 Å². The predicted molar refractivity (Wildman–Crippen MR) is 63.3 cm³/mol. The highest BCUT2D eigenvalue weighted by molar-refractivity contribution is 5.79. The van der Waals surface area contributed by atoms with Gasteiger partial charge in [-0.05, 0) is 17.9 Å². The fourth-order valence-corrected chi connectivity index (χ4v) is 1.44. The fourth-order valence-electron chi connectivity index (χ4n) is 1.44. The molecule has 1 nitrogen and oxygen atoms in total. The van der Waals surface area contributed by atoms with Crippen LogP contribution < -0.4 is 0 Å². The van der Waals surface area contributed by atoms with Crippen molar-refractivity contribution >= 4 is 6.21 Å². The van der Waals surface area contributed by atoms with E-state index in [9.17, 15) is 4.39 Å². The van der Waals surface area contributed by atoms with Crippen LogP contribution in [0.15, 0.2) is 35.3 Å². The number of halogens is 1. The average Bonchev–Trinajstić information content (AvgIpc) is 2.25. The van der Waals surface area contributed by atoms with Crippen LogP contribution in [0.25, 0.3) is 0 Å². The molecule has 0 unspecified atom stereocenters. The number of nitrogens with zero attached hydrogens (tertiary/aromatic N) is 1. The fraction of sp³-hybridized carbons (Fsp3) is 0.462. The first-order valence-corrected chi connectivity index (χ1v) is 5.36. The van der Waals surface area contributed by atoms with Gasteiger partial charge in [-0.1, -0.05) is 44.2 Å². The van der Waals surface area contributed by atoms with Crippen LogP contribution in [0.4, 0.5) is 4.39 Å². The number of alkyl halides is 1. The van der Waals surface area contributed by atoms with Crippen LogP contribution in [0.2, 0.25) is 0 Å². The quantitative estimate of drug-likeness (QED) is 0.655. The van der Waals surface area contributed by atoms with Gasteiger partial charge in [0, 0.05) is 6.21 Å². The summed E-state index contributed by atoms with van der Waals surface area (Å²) in [4.78, 5) is 4.25. The maximum atomic E-state index is 12.6. The Kier molecular flexibility index (Phi) is 5.02. The van der Waals surface area contributed by atoms with E-state index in [2.05, 4.69) is 18.8 Å². The van der Waals surface area contributed by atoms with Crippen molar-refractivity contribution in [3.8, 4) is 0 Å². The number of aliphatic imine (C=N–C) groups is 1. The molecule has 82 valence electrons. The van der Waals surface area contributed by atoms with Gasteiger partial charge in [0.25, 0.3) is 0 Å². The number of benzene rings is 1. The van der Waals surface area contributed by atoms with E-state index in [1.807, 2.05) is 30.3 Å². The van der Waals surface area contributed by atoms with Crippen molar-refractivity contribution in [2.75, 3.05) is 6.67 Å². The third-order valence-corrected chi connectivity index (χ3v) is 2.16. The highest BCUT2D eigenvalue weighted by Gasteiger charge is 2.07. The lowest BCUT2D eigenvalue weighted by Gasteiger charge is -2.10.